The summed E-state index contributed by atoms with van der Waals surface area (Å²) in [4.78, 5) is 0. The van der Waals surface area contributed by atoms with Crippen LogP contribution in [0.1, 0.15) is 38.3 Å². The van der Waals surface area contributed by atoms with Crippen molar-refractivity contribution in [2.45, 2.75) is 39.0 Å². The molecule has 1 rings (SSSR count). The third-order valence-corrected chi connectivity index (χ3v) is 2.67. The molecule has 16 heavy (non-hydrogen) atoms. The van der Waals surface area contributed by atoms with Crippen molar-refractivity contribution in [1.29, 1.82) is 0 Å². The number of ether oxygens (including phenoxy) is 1. The van der Waals surface area contributed by atoms with Crippen LogP contribution in [0.3, 0.4) is 0 Å². The van der Waals surface area contributed by atoms with Crippen molar-refractivity contribution in [3.63, 3.8) is 0 Å². The summed E-state index contributed by atoms with van der Waals surface area (Å²) in [6.45, 7) is 7.10. The first-order valence-electron chi connectivity index (χ1n) is 5.82. The number of rotatable bonds is 5. The van der Waals surface area contributed by atoms with Crippen molar-refractivity contribution in [3.8, 4) is 0 Å². The molecule has 0 aliphatic carbocycles. The van der Waals surface area contributed by atoms with E-state index < -0.39 is 0 Å². The molecule has 0 atom stereocenters. The van der Waals surface area contributed by atoms with Gasteiger partial charge in [0.1, 0.15) is 6.79 Å². The monoisotopic (exact) mass is 222 g/mol. The molecule has 2 nitrogen and oxygen atoms in total. The smallest absolute Gasteiger partial charge is 0.143 e. The van der Waals surface area contributed by atoms with Crippen LogP contribution in [0.15, 0.2) is 24.3 Å². The molecule has 0 heterocycles. The van der Waals surface area contributed by atoms with E-state index in [0.29, 0.717) is 6.61 Å². The Morgan fingerprint density at radius 1 is 1.12 bits per heavy atom. The molecule has 0 bridgehead atoms. The van der Waals surface area contributed by atoms with E-state index in [9.17, 15) is 0 Å². The number of aliphatic hydroxyl groups is 1. The SMILES string of the molecule is CC(C)(C)c1ccc(CCCOCO)cc1. The summed E-state index contributed by atoms with van der Waals surface area (Å²) in [6.07, 6.45) is 1.96. The second-order valence-electron chi connectivity index (χ2n) is 5.09. The lowest BCUT2D eigenvalue weighted by Crippen LogP contribution is -2.10. The Bertz CT molecular complexity index is 296. The normalized spacial score (nSPS) is 11.8. The van der Waals surface area contributed by atoms with Gasteiger partial charge in [-0.25, -0.2) is 0 Å². The topological polar surface area (TPSA) is 29.5 Å². The van der Waals surface area contributed by atoms with Crippen molar-refractivity contribution >= 4 is 0 Å². The molecule has 1 N–H and O–H groups in total. The summed E-state index contributed by atoms with van der Waals surface area (Å²) in [7, 11) is 0. The third kappa shape index (κ3) is 4.33. The van der Waals surface area contributed by atoms with Gasteiger partial charge in [0.2, 0.25) is 0 Å². The average molecular weight is 222 g/mol. The van der Waals surface area contributed by atoms with Gasteiger partial charge in [-0.2, -0.15) is 0 Å². The summed E-state index contributed by atoms with van der Waals surface area (Å²) in [5, 5.41) is 8.47. The van der Waals surface area contributed by atoms with Crippen LogP contribution in [0.2, 0.25) is 0 Å². The Labute approximate surface area is 98.3 Å². The summed E-state index contributed by atoms with van der Waals surface area (Å²) in [5.74, 6) is 0. The van der Waals surface area contributed by atoms with Crippen LogP contribution in [0.25, 0.3) is 0 Å². The van der Waals surface area contributed by atoms with Gasteiger partial charge < -0.3 is 9.84 Å². The van der Waals surface area contributed by atoms with E-state index in [4.69, 9.17) is 9.84 Å². The van der Waals surface area contributed by atoms with Gasteiger partial charge in [0.25, 0.3) is 0 Å². The summed E-state index contributed by atoms with van der Waals surface area (Å²) >= 11 is 0. The maximum absolute atomic E-state index is 8.47. The third-order valence-electron chi connectivity index (χ3n) is 2.67. The molecule has 0 saturated carbocycles. The quantitative estimate of drug-likeness (QED) is 0.613. The highest BCUT2D eigenvalue weighted by Gasteiger charge is 2.12. The minimum Gasteiger partial charge on any atom is -0.371 e. The van der Waals surface area contributed by atoms with Gasteiger partial charge >= 0.3 is 0 Å². The maximum Gasteiger partial charge on any atom is 0.143 e. The number of hydrogen-bond acceptors (Lipinski definition) is 2. The lowest BCUT2D eigenvalue weighted by Gasteiger charge is -2.19. The van der Waals surface area contributed by atoms with Crippen LogP contribution >= 0.6 is 0 Å². The van der Waals surface area contributed by atoms with E-state index in [1.165, 1.54) is 11.1 Å². The molecule has 2 heteroatoms. The fourth-order valence-electron chi connectivity index (χ4n) is 1.61. The summed E-state index contributed by atoms with van der Waals surface area (Å²) in [6, 6.07) is 8.75. The maximum atomic E-state index is 8.47. The molecule has 0 saturated heterocycles. The molecular weight excluding hydrogens is 200 g/mol. The molecule has 0 unspecified atom stereocenters. The Morgan fingerprint density at radius 2 is 1.75 bits per heavy atom. The molecular formula is C14H22O2. The standard InChI is InChI=1S/C14H22O2/c1-14(2,3)13-8-6-12(7-9-13)5-4-10-16-11-15/h6-9,15H,4-5,10-11H2,1-3H3. The minimum atomic E-state index is -0.178. The Balaban J connectivity index is 2.46. The molecule has 0 radical (unpaired) electrons. The van der Waals surface area contributed by atoms with E-state index in [-0.39, 0.29) is 12.2 Å². The molecule has 0 amide bonds. The van der Waals surface area contributed by atoms with E-state index >= 15 is 0 Å². The van der Waals surface area contributed by atoms with Gasteiger partial charge in [-0.1, -0.05) is 45.0 Å². The molecule has 0 aliphatic rings. The number of benzene rings is 1. The highest BCUT2D eigenvalue weighted by molar-refractivity contribution is 5.27. The molecule has 0 fully saturated rings. The Morgan fingerprint density at radius 3 is 2.25 bits per heavy atom. The second kappa shape index (κ2) is 6.02. The van der Waals surface area contributed by atoms with Crippen LogP contribution in [-0.4, -0.2) is 18.5 Å². The van der Waals surface area contributed by atoms with Crippen molar-refractivity contribution in [2.24, 2.45) is 0 Å². The first-order chi connectivity index (χ1) is 7.54. The fourth-order valence-corrected chi connectivity index (χ4v) is 1.61. The van der Waals surface area contributed by atoms with E-state index in [0.717, 1.165) is 12.8 Å². The van der Waals surface area contributed by atoms with Gasteiger partial charge in [0, 0.05) is 6.61 Å². The average Bonchev–Trinajstić information content (AvgIpc) is 2.24. The first kappa shape index (κ1) is 13.2. The van der Waals surface area contributed by atoms with E-state index in [2.05, 4.69) is 45.0 Å². The summed E-state index contributed by atoms with van der Waals surface area (Å²) in [5.41, 5.74) is 2.91. The largest absolute Gasteiger partial charge is 0.371 e. The van der Waals surface area contributed by atoms with Gasteiger partial charge in [0.15, 0.2) is 0 Å². The Hall–Kier alpha value is -0.860. The predicted octanol–water partition coefficient (Wildman–Crippen LogP) is 2.88. The number of aliphatic hydroxyl groups excluding tert-OH is 1. The van der Waals surface area contributed by atoms with Gasteiger partial charge in [-0.3, -0.25) is 0 Å². The van der Waals surface area contributed by atoms with Crippen molar-refractivity contribution in [3.05, 3.63) is 35.4 Å². The van der Waals surface area contributed by atoms with Crippen LogP contribution in [-0.2, 0) is 16.6 Å². The van der Waals surface area contributed by atoms with Gasteiger partial charge in [0.05, 0.1) is 0 Å². The minimum absolute atomic E-state index is 0.178. The molecule has 1 aromatic rings. The molecule has 0 aliphatic heterocycles. The number of hydrogen-bond donors (Lipinski definition) is 1. The highest BCUT2D eigenvalue weighted by Crippen LogP contribution is 2.22. The highest BCUT2D eigenvalue weighted by atomic mass is 16.6. The predicted molar refractivity (Wildman–Crippen MR) is 66.5 cm³/mol. The fraction of sp³-hybridized carbons (Fsp3) is 0.571. The van der Waals surface area contributed by atoms with Crippen molar-refractivity contribution in [1.82, 2.24) is 0 Å². The molecule has 0 spiro atoms. The van der Waals surface area contributed by atoms with Crippen LogP contribution in [0.4, 0.5) is 0 Å². The van der Waals surface area contributed by atoms with E-state index in [1.807, 2.05) is 0 Å². The molecule has 0 aromatic heterocycles. The Kier molecular flexibility index (Phi) is 4.97. The first-order valence-corrected chi connectivity index (χ1v) is 5.82. The summed E-state index contributed by atoms with van der Waals surface area (Å²) < 4.78 is 4.89. The second-order valence-corrected chi connectivity index (χ2v) is 5.09. The van der Waals surface area contributed by atoms with E-state index in [1.54, 1.807) is 0 Å². The van der Waals surface area contributed by atoms with Gasteiger partial charge in [-0.05, 0) is 29.4 Å². The van der Waals surface area contributed by atoms with Crippen LogP contribution in [0, 0.1) is 0 Å². The zero-order valence-corrected chi connectivity index (χ0v) is 10.5. The molecule has 90 valence electrons. The zero-order valence-electron chi connectivity index (χ0n) is 10.5. The lowest BCUT2D eigenvalue weighted by molar-refractivity contribution is -0.00209. The zero-order chi connectivity index (χ0) is 12.0. The van der Waals surface area contributed by atoms with Crippen molar-refractivity contribution in [2.75, 3.05) is 13.4 Å². The van der Waals surface area contributed by atoms with Crippen LogP contribution in [0.5, 0.6) is 0 Å². The van der Waals surface area contributed by atoms with Crippen molar-refractivity contribution < 1.29 is 9.84 Å². The molecule has 1 aromatic carbocycles. The number of aryl methyl sites for hydroxylation is 1. The van der Waals surface area contributed by atoms with Gasteiger partial charge in [-0.15, -0.1) is 0 Å². The lowest BCUT2D eigenvalue weighted by atomic mass is 9.86. The van der Waals surface area contributed by atoms with Crippen LogP contribution < -0.4 is 0 Å².